The van der Waals surface area contributed by atoms with Gasteiger partial charge in [0, 0.05) is 5.56 Å². The molecule has 0 saturated carbocycles. The summed E-state index contributed by atoms with van der Waals surface area (Å²) in [7, 11) is 0. The average Bonchev–Trinajstić information content (AvgIpc) is 2.45. The van der Waals surface area contributed by atoms with Crippen LogP contribution in [0.5, 0.6) is 0 Å². The summed E-state index contributed by atoms with van der Waals surface area (Å²) in [5.41, 5.74) is -1.23. The van der Waals surface area contributed by atoms with Crippen molar-refractivity contribution in [1.29, 1.82) is 0 Å². The summed E-state index contributed by atoms with van der Waals surface area (Å²) in [6.07, 6.45) is -3.04. The zero-order valence-corrected chi connectivity index (χ0v) is 10.9. The summed E-state index contributed by atoms with van der Waals surface area (Å²) in [6, 6.07) is 4.80. The fourth-order valence-electron chi connectivity index (χ4n) is 2.21. The third-order valence-electron chi connectivity index (χ3n) is 3.27. The third kappa shape index (κ3) is 3.80. The number of alkyl halides is 3. The first-order chi connectivity index (χ1) is 9.48. The molecule has 1 saturated heterocycles. The molecule has 20 heavy (non-hydrogen) atoms. The maximum atomic E-state index is 12.8. The molecule has 1 heterocycles. The standard InChI is InChI=1S/C14H16F3NO2/c15-14(16,17)12-4-2-1-3-11(12)13(19)9-20-10-5-7-18-8-6-10/h1-4,10,18H,5-9H2. The topological polar surface area (TPSA) is 38.3 Å². The molecule has 0 radical (unpaired) electrons. The van der Waals surface area contributed by atoms with E-state index in [1.807, 2.05) is 0 Å². The number of carbonyl (C=O) groups excluding carboxylic acids is 1. The second-order valence-electron chi connectivity index (χ2n) is 4.73. The highest BCUT2D eigenvalue weighted by atomic mass is 19.4. The van der Waals surface area contributed by atoms with Gasteiger partial charge >= 0.3 is 6.18 Å². The van der Waals surface area contributed by atoms with Crippen LogP contribution in [0.25, 0.3) is 0 Å². The number of hydrogen-bond acceptors (Lipinski definition) is 3. The van der Waals surface area contributed by atoms with Crippen LogP contribution in [0.3, 0.4) is 0 Å². The van der Waals surface area contributed by atoms with Crippen molar-refractivity contribution >= 4 is 5.78 Å². The van der Waals surface area contributed by atoms with Crippen LogP contribution in [-0.4, -0.2) is 31.6 Å². The molecule has 0 aromatic heterocycles. The van der Waals surface area contributed by atoms with E-state index in [1.165, 1.54) is 18.2 Å². The monoisotopic (exact) mass is 287 g/mol. The van der Waals surface area contributed by atoms with Crippen LogP contribution >= 0.6 is 0 Å². The van der Waals surface area contributed by atoms with Gasteiger partial charge in [-0.25, -0.2) is 0 Å². The van der Waals surface area contributed by atoms with Gasteiger partial charge in [0.05, 0.1) is 11.7 Å². The van der Waals surface area contributed by atoms with Gasteiger partial charge in [-0.1, -0.05) is 18.2 Å². The Morgan fingerprint density at radius 3 is 2.55 bits per heavy atom. The minimum atomic E-state index is -4.53. The van der Waals surface area contributed by atoms with Crippen molar-refractivity contribution in [2.24, 2.45) is 0 Å². The Balaban J connectivity index is 2.02. The van der Waals surface area contributed by atoms with Crippen molar-refractivity contribution in [2.75, 3.05) is 19.7 Å². The molecular weight excluding hydrogens is 271 g/mol. The number of ether oxygens (including phenoxy) is 1. The van der Waals surface area contributed by atoms with E-state index in [4.69, 9.17) is 4.74 Å². The number of carbonyl (C=O) groups is 1. The second-order valence-corrected chi connectivity index (χ2v) is 4.73. The normalized spacial score (nSPS) is 17.1. The van der Waals surface area contributed by atoms with Gasteiger partial charge in [0.2, 0.25) is 0 Å². The number of benzene rings is 1. The van der Waals surface area contributed by atoms with Crippen molar-refractivity contribution < 1.29 is 22.7 Å². The first-order valence-electron chi connectivity index (χ1n) is 6.50. The van der Waals surface area contributed by atoms with E-state index in [0.717, 1.165) is 32.0 Å². The van der Waals surface area contributed by atoms with Crippen molar-refractivity contribution in [1.82, 2.24) is 5.32 Å². The Kier molecular flexibility index (Phi) is 4.77. The molecule has 0 aliphatic carbocycles. The number of rotatable bonds is 4. The molecule has 0 amide bonds. The number of piperidine rings is 1. The number of hydrogen-bond donors (Lipinski definition) is 1. The van der Waals surface area contributed by atoms with Gasteiger partial charge in [-0.3, -0.25) is 4.79 Å². The van der Waals surface area contributed by atoms with Crippen LogP contribution in [0.15, 0.2) is 24.3 Å². The van der Waals surface area contributed by atoms with Crippen molar-refractivity contribution in [3.05, 3.63) is 35.4 Å². The van der Waals surface area contributed by atoms with Gasteiger partial charge in [-0.05, 0) is 32.0 Å². The Labute approximate surface area is 115 Å². The highest BCUT2D eigenvalue weighted by molar-refractivity contribution is 5.98. The molecule has 110 valence electrons. The quantitative estimate of drug-likeness (QED) is 0.865. The van der Waals surface area contributed by atoms with Crippen LogP contribution in [0.2, 0.25) is 0 Å². The second kappa shape index (κ2) is 6.37. The molecule has 0 bridgehead atoms. The lowest BCUT2D eigenvalue weighted by molar-refractivity contribution is -0.137. The maximum absolute atomic E-state index is 12.8. The Hall–Kier alpha value is -1.40. The number of halogens is 3. The SMILES string of the molecule is O=C(COC1CCNCC1)c1ccccc1C(F)(F)F. The van der Waals surface area contributed by atoms with Crippen molar-refractivity contribution in [3.8, 4) is 0 Å². The van der Waals surface area contributed by atoms with Gasteiger partial charge < -0.3 is 10.1 Å². The van der Waals surface area contributed by atoms with Crippen LogP contribution in [0.1, 0.15) is 28.8 Å². The van der Waals surface area contributed by atoms with E-state index in [0.29, 0.717) is 0 Å². The highest BCUT2D eigenvalue weighted by Gasteiger charge is 2.34. The summed E-state index contributed by atoms with van der Waals surface area (Å²) in [4.78, 5) is 11.9. The number of Topliss-reactive ketones (excluding diaryl/α,β-unsaturated/α-hetero) is 1. The first-order valence-corrected chi connectivity index (χ1v) is 6.50. The molecule has 1 aromatic carbocycles. The highest BCUT2D eigenvalue weighted by Crippen LogP contribution is 2.32. The molecule has 1 aliphatic heterocycles. The molecule has 2 rings (SSSR count). The minimum Gasteiger partial charge on any atom is -0.370 e. The minimum absolute atomic E-state index is 0.0572. The third-order valence-corrected chi connectivity index (χ3v) is 3.27. The Bertz CT molecular complexity index is 468. The Morgan fingerprint density at radius 1 is 1.25 bits per heavy atom. The fraction of sp³-hybridized carbons (Fsp3) is 0.500. The van der Waals surface area contributed by atoms with Crippen LogP contribution in [0, 0.1) is 0 Å². The lowest BCUT2D eigenvalue weighted by Gasteiger charge is -2.22. The van der Waals surface area contributed by atoms with E-state index >= 15 is 0 Å². The molecule has 1 fully saturated rings. The summed E-state index contributed by atoms with van der Waals surface area (Å²) < 4.78 is 43.8. The predicted octanol–water partition coefficient (Wildman–Crippen LogP) is 2.66. The van der Waals surface area contributed by atoms with Gasteiger partial charge in [0.1, 0.15) is 6.61 Å². The van der Waals surface area contributed by atoms with Crippen LogP contribution in [-0.2, 0) is 10.9 Å². The molecule has 0 unspecified atom stereocenters. The summed E-state index contributed by atoms with van der Waals surface area (Å²) in [5, 5.41) is 3.15. The van der Waals surface area contributed by atoms with Gasteiger partial charge in [0.25, 0.3) is 0 Å². The smallest absolute Gasteiger partial charge is 0.370 e. The molecule has 1 aromatic rings. The lowest BCUT2D eigenvalue weighted by Crippen LogP contribution is -2.33. The van der Waals surface area contributed by atoms with E-state index in [1.54, 1.807) is 0 Å². The molecule has 6 heteroatoms. The largest absolute Gasteiger partial charge is 0.417 e. The number of nitrogens with one attached hydrogen (secondary N) is 1. The first kappa shape index (κ1) is 15.0. The summed E-state index contributed by atoms with van der Waals surface area (Å²) >= 11 is 0. The van der Waals surface area contributed by atoms with E-state index in [9.17, 15) is 18.0 Å². The summed E-state index contributed by atoms with van der Waals surface area (Å²) in [6.45, 7) is 1.30. The maximum Gasteiger partial charge on any atom is 0.417 e. The van der Waals surface area contributed by atoms with E-state index in [-0.39, 0.29) is 18.3 Å². The fourth-order valence-corrected chi connectivity index (χ4v) is 2.21. The molecule has 1 N–H and O–H groups in total. The zero-order chi connectivity index (χ0) is 14.6. The zero-order valence-electron chi connectivity index (χ0n) is 10.9. The van der Waals surface area contributed by atoms with Crippen LogP contribution in [0.4, 0.5) is 13.2 Å². The van der Waals surface area contributed by atoms with Crippen molar-refractivity contribution in [2.45, 2.75) is 25.1 Å². The van der Waals surface area contributed by atoms with Crippen LogP contribution < -0.4 is 5.32 Å². The summed E-state index contributed by atoms with van der Waals surface area (Å²) in [5.74, 6) is -0.628. The molecular formula is C14H16F3NO2. The molecule has 0 spiro atoms. The average molecular weight is 287 g/mol. The van der Waals surface area contributed by atoms with E-state index < -0.39 is 17.5 Å². The molecule has 0 atom stereocenters. The van der Waals surface area contributed by atoms with E-state index in [2.05, 4.69) is 5.32 Å². The predicted molar refractivity (Wildman–Crippen MR) is 67.6 cm³/mol. The van der Waals surface area contributed by atoms with Gasteiger partial charge in [-0.2, -0.15) is 13.2 Å². The molecule has 3 nitrogen and oxygen atoms in total. The Morgan fingerprint density at radius 2 is 1.90 bits per heavy atom. The van der Waals surface area contributed by atoms with Crippen molar-refractivity contribution in [3.63, 3.8) is 0 Å². The van der Waals surface area contributed by atoms with Gasteiger partial charge in [0.15, 0.2) is 5.78 Å². The van der Waals surface area contributed by atoms with Gasteiger partial charge in [-0.15, -0.1) is 0 Å². The lowest BCUT2D eigenvalue weighted by atomic mass is 10.0. The molecule has 1 aliphatic rings. The number of ketones is 1.